The first-order chi connectivity index (χ1) is 8.10. The fraction of sp³-hybridized carbons (Fsp3) is 0.500. The van der Waals surface area contributed by atoms with E-state index in [-0.39, 0.29) is 11.8 Å². The number of anilines is 1. The maximum absolute atomic E-state index is 11.1. The van der Waals surface area contributed by atoms with Crippen molar-refractivity contribution in [1.82, 2.24) is 9.97 Å². The van der Waals surface area contributed by atoms with Crippen LogP contribution in [-0.4, -0.2) is 35.2 Å². The molecule has 1 aliphatic rings. The summed E-state index contributed by atoms with van der Waals surface area (Å²) in [7, 11) is 0. The fourth-order valence-corrected chi connectivity index (χ4v) is 2.44. The average Bonchev–Trinajstić information content (AvgIpc) is 2.77. The summed E-state index contributed by atoms with van der Waals surface area (Å²) in [4.78, 5) is 21.6. The van der Waals surface area contributed by atoms with Gasteiger partial charge in [-0.3, -0.25) is 4.79 Å². The van der Waals surface area contributed by atoms with E-state index < -0.39 is 0 Å². The third-order valence-electron chi connectivity index (χ3n) is 2.76. The molecule has 1 aromatic rings. The highest BCUT2D eigenvalue weighted by atomic mass is 35.5. The first-order valence-corrected chi connectivity index (χ1v) is 6.83. The lowest BCUT2D eigenvalue weighted by atomic mass is 10.1. The Kier molecular flexibility index (Phi) is 3.73. The molecule has 17 heavy (non-hydrogen) atoms. The predicted octanol–water partition coefficient (Wildman–Crippen LogP) is 1.16. The highest BCUT2D eigenvalue weighted by Gasteiger charge is 2.27. The van der Waals surface area contributed by atoms with Crippen LogP contribution in [0.4, 0.5) is 5.82 Å². The van der Waals surface area contributed by atoms with E-state index in [1.165, 1.54) is 11.8 Å². The van der Waals surface area contributed by atoms with Crippen LogP contribution >= 0.6 is 23.4 Å². The van der Waals surface area contributed by atoms with E-state index in [4.69, 9.17) is 17.3 Å². The number of thioether (sulfide) groups is 1. The van der Waals surface area contributed by atoms with Gasteiger partial charge in [-0.25, -0.2) is 9.97 Å². The van der Waals surface area contributed by atoms with Crippen molar-refractivity contribution in [3.05, 3.63) is 11.2 Å². The Morgan fingerprint density at radius 2 is 2.41 bits per heavy atom. The lowest BCUT2D eigenvalue weighted by Gasteiger charge is -2.17. The van der Waals surface area contributed by atoms with Crippen LogP contribution in [0.15, 0.2) is 11.2 Å². The van der Waals surface area contributed by atoms with Crippen molar-refractivity contribution >= 4 is 35.1 Å². The first-order valence-electron chi connectivity index (χ1n) is 5.23. The molecule has 1 saturated heterocycles. The molecule has 0 radical (unpaired) electrons. The van der Waals surface area contributed by atoms with E-state index in [1.54, 1.807) is 6.07 Å². The van der Waals surface area contributed by atoms with Gasteiger partial charge in [0.05, 0.1) is 5.92 Å². The number of nitrogens with zero attached hydrogens (tertiary/aromatic N) is 3. The third kappa shape index (κ3) is 2.81. The van der Waals surface area contributed by atoms with E-state index in [9.17, 15) is 4.79 Å². The molecular formula is C10H13ClN4OS. The summed E-state index contributed by atoms with van der Waals surface area (Å²) >= 11 is 7.36. The van der Waals surface area contributed by atoms with Crippen molar-refractivity contribution < 1.29 is 4.79 Å². The molecule has 1 atom stereocenters. The highest BCUT2D eigenvalue weighted by Crippen LogP contribution is 2.25. The number of carbonyl (C=O) groups excluding carboxylic acids is 1. The standard InChI is InChI=1S/C10H13ClN4OS/c1-17-10-13-7(11)4-8(14-10)15-3-2-6(5-15)9(12)16/h4,6H,2-3,5H2,1H3,(H2,12,16). The maximum atomic E-state index is 11.1. The minimum absolute atomic E-state index is 0.0959. The molecule has 2 N–H and O–H groups in total. The fourth-order valence-electron chi connectivity index (χ4n) is 1.84. The van der Waals surface area contributed by atoms with Gasteiger partial charge >= 0.3 is 0 Å². The molecule has 1 aliphatic heterocycles. The molecule has 0 bridgehead atoms. The van der Waals surface area contributed by atoms with Crippen LogP contribution in [0.5, 0.6) is 0 Å². The lowest BCUT2D eigenvalue weighted by Crippen LogP contribution is -2.27. The van der Waals surface area contributed by atoms with Gasteiger partial charge in [-0.05, 0) is 12.7 Å². The number of amides is 1. The predicted molar refractivity (Wildman–Crippen MR) is 68.3 cm³/mol. The average molecular weight is 273 g/mol. The van der Waals surface area contributed by atoms with Gasteiger partial charge in [-0.15, -0.1) is 0 Å². The molecule has 0 saturated carbocycles. The number of aromatic nitrogens is 2. The van der Waals surface area contributed by atoms with E-state index in [1.807, 2.05) is 11.2 Å². The minimum Gasteiger partial charge on any atom is -0.369 e. The zero-order valence-corrected chi connectivity index (χ0v) is 11.0. The normalized spacial score (nSPS) is 19.6. The Morgan fingerprint density at radius 1 is 1.65 bits per heavy atom. The number of rotatable bonds is 3. The molecule has 0 spiro atoms. The summed E-state index contributed by atoms with van der Waals surface area (Å²) in [6.07, 6.45) is 2.66. The Morgan fingerprint density at radius 3 is 3.00 bits per heavy atom. The van der Waals surface area contributed by atoms with Crippen molar-refractivity contribution in [2.45, 2.75) is 11.6 Å². The number of halogens is 1. The largest absolute Gasteiger partial charge is 0.369 e. The summed E-state index contributed by atoms with van der Waals surface area (Å²) in [6.45, 7) is 1.38. The molecule has 1 amide bonds. The maximum Gasteiger partial charge on any atom is 0.222 e. The SMILES string of the molecule is CSc1nc(Cl)cc(N2CCC(C(N)=O)C2)n1. The van der Waals surface area contributed by atoms with Crippen LogP contribution in [0.2, 0.25) is 5.15 Å². The van der Waals surface area contributed by atoms with Crippen molar-refractivity contribution in [3.63, 3.8) is 0 Å². The second-order valence-electron chi connectivity index (χ2n) is 3.87. The summed E-state index contributed by atoms with van der Waals surface area (Å²) in [5, 5.41) is 1.05. The van der Waals surface area contributed by atoms with Gasteiger partial charge in [0, 0.05) is 19.2 Å². The summed E-state index contributed by atoms with van der Waals surface area (Å²) < 4.78 is 0. The monoisotopic (exact) mass is 272 g/mol. The van der Waals surface area contributed by atoms with Gasteiger partial charge < -0.3 is 10.6 Å². The van der Waals surface area contributed by atoms with Crippen molar-refractivity contribution in [2.75, 3.05) is 24.2 Å². The van der Waals surface area contributed by atoms with E-state index in [0.29, 0.717) is 16.9 Å². The smallest absolute Gasteiger partial charge is 0.222 e. The van der Waals surface area contributed by atoms with Crippen LogP contribution in [0.3, 0.4) is 0 Å². The van der Waals surface area contributed by atoms with Gasteiger partial charge in [0.25, 0.3) is 0 Å². The number of carbonyl (C=O) groups is 1. The second-order valence-corrected chi connectivity index (χ2v) is 5.03. The zero-order chi connectivity index (χ0) is 12.4. The second kappa shape index (κ2) is 5.10. The Labute approximate surface area is 109 Å². The molecule has 2 rings (SSSR count). The summed E-state index contributed by atoms with van der Waals surface area (Å²) in [5.41, 5.74) is 5.30. The molecule has 2 heterocycles. The molecule has 1 unspecified atom stereocenters. The molecule has 1 fully saturated rings. The molecular weight excluding hydrogens is 260 g/mol. The Bertz CT molecular complexity index is 442. The van der Waals surface area contributed by atoms with Gasteiger partial charge in [-0.2, -0.15) is 0 Å². The van der Waals surface area contributed by atoms with Crippen LogP contribution in [-0.2, 0) is 4.79 Å². The minimum atomic E-state index is -0.252. The number of hydrogen-bond acceptors (Lipinski definition) is 5. The molecule has 7 heteroatoms. The Hall–Kier alpha value is -1.01. The number of hydrogen-bond donors (Lipinski definition) is 1. The van der Waals surface area contributed by atoms with Gasteiger partial charge in [-0.1, -0.05) is 23.4 Å². The van der Waals surface area contributed by atoms with Gasteiger partial charge in [0.1, 0.15) is 11.0 Å². The zero-order valence-electron chi connectivity index (χ0n) is 9.39. The van der Waals surface area contributed by atoms with Crippen LogP contribution in [0.1, 0.15) is 6.42 Å². The lowest BCUT2D eigenvalue weighted by molar-refractivity contribution is -0.121. The molecule has 0 aromatic carbocycles. The van der Waals surface area contributed by atoms with Crippen LogP contribution in [0.25, 0.3) is 0 Å². The quantitative estimate of drug-likeness (QED) is 0.508. The molecule has 5 nitrogen and oxygen atoms in total. The Balaban J connectivity index is 2.18. The summed E-state index contributed by atoms with van der Waals surface area (Å²) in [6, 6.07) is 1.71. The van der Waals surface area contributed by atoms with Crippen molar-refractivity contribution in [2.24, 2.45) is 11.7 Å². The first kappa shape index (κ1) is 12.4. The molecule has 0 aliphatic carbocycles. The van der Waals surface area contributed by atoms with E-state index >= 15 is 0 Å². The van der Waals surface area contributed by atoms with E-state index in [0.717, 1.165) is 18.8 Å². The van der Waals surface area contributed by atoms with E-state index in [2.05, 4.69) is 9.97 Å². The van der Waals surface area contributed by atoms with Crippen molar-refractivity contribution in [3.8, 4) is 0 Å². The summed E-state index contributed by atoms with van der Waals surface area (Å²) in [5.74, 6) is 0.414. The van der Waals surface area contributed by atoms with Crippen molar-refractivity contribution in [1.29, 1.82) is 0 Å². The molecule has 92 valence electrons. The highest BCUT2D eigenvalue weighted by molar-refractivity contribution is 7.98. The number of primary amides is 1. The molecule has 1 aromatic heterocycles. The van der Waals surface area contributed by atoms with Crippen LogP contribution in [0, 0.1) is 5.92 Å². The van der Waals surface area contributed by atoms with Gasteiger partial charge in [0.15, 0.2) is 5.16 Å². The number of nitrogens with two attached hydrogens (primary N) is 1. The topological polar surface area (TPSA) is 72.1 Å². The third-order valence-corrected chi connectivity index (χ3v) is 3.50. The van der Waals surface area contributed by atoms with Crippen LogP contribution < -0.4 is 10.6 Å². The van der Waals surface area contributed by atoms with Gasteiger partial charge in [0.2, 0.25) is 5.91 Å².